The molecule has 0 aliphatic rings. The Bertz CT molecular complexity index is 305. The molecule has 1 aromatic carbocycles. The Balaban J connectivity index is 2.48. The van der Waals surface area contributed by atoms with Gasteiger partial charge in [-0.15, -0.1) is 12.3 Å². The van der Waals surface area contributed by atoms with Gasteiger partial charge in [0.2, 0.25) is 0 Å². The van der Waals surface area contributed by atoms with Crippen molar-refractivity contribution >= 4 is 0 Å². The first-order chi connectivity index (χ1) is 6.74. The average molecular weight is 187 g/mol. The molecule has 0 fully saturated rings. The van der Waals surface area contributed by atoms with Crippen LogP contribution in [-0.4, -0.2) is 6.54 Å². The fourth-order valence-electron chi connectivity index (χ4n) is 1.33. The first kappa shape index (κ1) is 10.8. The van der Waals surface area contributed by atoms with E-state index in [9.17, 15) is 0 Å². The Kier molecular flexibility index (Phi) is 4.22. The maximum absolute atomic E-state index is 5.18. The van der Waals surface area contributed by atoms with E-state index >= 15 is 0 Å². The molecule has 1 rings (SSSR count). The van der Waals surface area contributed by atoms with Crippen LogP contribution in [0, 0.1) is 19.3 Å². The molecule has 0 aliphatic carbocycles. The van der Waals surface area contributed by atoms with Gasteiger partial charge in [-0.3, -0.25) is 0 Å². The highest BCUT2D eigenvalue weighted by molar-refractivity contribution is 5.23. The Morgan fingerprint density at radius 3 is 2.57 bits per heavy atom. The van der Waals surface area contributed by atoms with Crippen LogP contribution >= 0.6 is 0 Å². The van der Waals surface area contributed by atoms with Crippen molar-refractivity contribution < 1.29 is 0 Å². The smallest absolute Gasteiger partial charge is 0.0292 e. The van der Waals surface area contributed by atoms with Crippen molar-refractivity contribution in [2.75, 3.05) is 6.54 Å². The van der Waals surface area contributed by atoms with Gasteiger partial charge in [0.1, 0.15) is 0 Å². The second-order valence-corrected chi connectivity index (χ2v) is 3.54. The van der Waals surface area contributed by atoms with Gasteiger partial charge in [-0.2, -0.15) is 0 Å². The second-order valence-electron chi connectivity index (χ2n) is 3.54. The SMILES string of the molecule is C#CCCN[C@@H](C)c1ccc(C)cc1. The van der Waals surface area contributed by atoms with Gasteiger partial charge in [-0.05, 0) is 19.4 Å². The molecule has 0 saturated heterocycles. The summed E-state index contributed by atoms with van der Waals surface area (Å²) in [5, 5.41) is 3.38. The van der Waals surface area contributed by atoms with Crippen LogP contribution in [0.25, 0.3) is 0 Å². The fourth-order valence-corrected chi connectivity index (χ4v) is 1.33. The third kappa shape index (κ3) is 3.24. The number of nitrogens with one attached hydrogen (secondary N) is 1. The van der Waals surface area contributed by atoms with E-state index in [4.69, 9.17) is 6.42 Å². The minimum atomic E-state index is 0.379. The monoisotopic (exact) mass is 187 g/mol. The minimum absolute atomic E-state index is 0.379. The molecule has 1 aromatic rings. The van der Waals surface area contributed by atoms with Crippen molar-refractivity contribution in [3.63, 3.8) is 0 Å². The standard InChI is InChI=1S/C13H17N/c1-4-5-10-14-12(3)13-8-6-11(2)7-9-13/h1,6-9,12,14H,5,10H2,2-3H3/t12-/m0/s1. The maximum Gasteiger partial charge on any atom is 0.0292 e. The number of terminal acetylenes is 1. The number of hydrogen-bond acceptors (Lipinski definition) is 1. The summed E-state index contributed by atoms with van der Waals surface area (Å²) in [6.07, 6.45) is 5.97. The molecule has 14 heavy (non-hydrogen) atoms. The van der Waals surface area contributed by atoms with Gasteiger partial charge in [-0.1, -0.05) is 29.8 Å². The van der Waals surface area contributed by atoms with Gasteiger partial charge in [0.05, 0.1) is 0 Å². The Morgan fingerprint density at radius 1 is 1.36 bits per heavy atom. The molecule has 0 radical (unpaired) electrons. The number of benzene rings is 1. The molecule has 0 spiro atoms. The highest BCUT2D eigenvalue weighted by Gasteiger charge is 2.02. The van der Waals surface area contributed by atoms with Crippen LogP contribution in [0.5, 0.6) is 0 Å². The minimum Gasteiger partial charge on any atom is -0.309 e. The molecule has 0 bridgehead atoms. The predicted octanol–water partition coefficient (Wildman–Crippen LogP) is 2.67. The summed E-state index contributed by atoms with van der Waals surface area (Å²) in [5.41, 5.74) is 2.61. The van der Waals surface area contributed by atoms with Crippen LogP contribution in [0.4, 0.5) is 0 Å². The summed E-state index contributed by atoms with van der Waals surface area (Å²) in [4.78, 5) is 0. The molecule has 1 nitrogen and oxygen atoms in total. The first-order valence-corrected chi connectivity index (χ1v) is 4.97. The molecular weight excluding hydrogens is 170 g/mol. The third-order valence-corrected chi connectivity index (χ3v) is 2.30. The highest BCUT2D eigenvalue weighted by atomic mass is 14.9. The van der Waals surface area contributed by atoms with E-state index in [1.807, 2.05) is 0 Å². The Hall–Kier alpha value is -1.26. The Labute approximate surface area is 86.5 Å². The van der Waals surface area contributed by atoms with Crippen LogP contribution in [0.1, 0.15) is 30.5 Å². The van der Waals surface area contributed by atoms with E-state index in [0.29, 0.717) is 6.04 Å². The van der Waals surface area contributed by atoms with Gasteiger partial charge in [-0.25, -0.2) is 0 Å². The molecule has 1 N–H and O–H groups in total. The summed E-state index contributed by atoms with van der Waals surface area (Å²) in [6.45, 7) is 5.13. The van der Waals surface area contributed by atoms with Gasteiger partial charge in [0.25, 0.3) is 0 Å². The van der Waals surface area contributed by atoms with E-state index in [2.05, 4.69) is 49.4 Å². The highest BCUT2D eigenvalue weighted by Crippen LogP contribution is 2.12. The van der Waals surface area contributed by atoms with Gasteiger partial charge in [0.15, 0.2) is 0 Å². The summed E-state index contributed by atoms with van der Waals surface area (Å²) >= 11 is 0. The molecule has 0 heterocycles. The van der Waals surface area contributed by atoms with E-state index < -0.39 is 0 Å². The number of hydrogen-bond donors (Lipinski definition) is 1. The van der Waals surface area contributed by atoms with Crippen molar-refractivity contribution in [3.05, 3.63) is 35.4 Å². The van der Waals surface area contributed by atoms with Crippen molar-refractivity contribution in [2.24, 2.45) is 0 Å². The zero-order chi connectivity index (χ0) is 10.4. The van der Waals surface area contributed by atoms with Crippen molar-refractivity contribution in [1.82, 2.24) is 5.32 Å². The van der Waals surface area contributed by atoms with E-state index in [1.165, 1.54) is 11.1 Å². The molecule has 0 saturated carbocycles. The van der Waals surface area contributed by atoms with Gasteiger partial charge >= 0.3 is 0 Å². The summed E-state index contributed by atoms with van der Waals surface area (Å²) in [7, 11) is 0. The molecule has 0 aromatic heterocycles. The van der Waals surface area contributed by atoms with Crippen LogP contribution in [0.15, 0.2) is 24.3 Å². The lowest BCUT2D eigenvalue weighted by atomic mass is 10.1. The van der Waals surface area contributed by atoms with E-state index in [0.717, 1.165) is 13.0 Å². The predicted molar refractivity (Wildman–Crippen MR) is 61.0 cm³/mol. The summed E-state index contributed by atoms with van der Waals surface area (Å²) < 4.78 is 0. The summed E-state index contributed by atoms with van der Waals surface area (Å²) in [5.74, 6) is 2.62. The molecule has 1 atom stereocenters. The van der Waals surface area contributed by atoms with Crippen LogP contribution in [-0.2, 0) is 0 Å². The molecule has 1 heteroatoms. The average Bonchev–Trinajstić information content (AvgIpc) is 2.19. The molecule has 0 unspecified atom stereocenters. The van der Waals surface area contributed by atoms with Crippen LogP contribution in [0.3, 0.4) is 0 Å². The zero-order valence-electron chi connectivity index (χ0n) is 8.88. The van der Waals surface area contributed by atoms with E-state index in [-0.39, 0.29) is 0 Å². The Morgan fingerprint density at radius 2 is 2.00 bits per heavy atom. The molecule has 74 valence electrons. The molecular formula is C13H17N. The van der Waals surface area contributed by atoms with Crippen LogP contribution < -0.4 is 5.32 Å². The van der Waals surface area contributed by atoms with Crippen molar-refractivity contribution in [2.45, 2.75) is 26.3 Å². The quantitative estimate of drug-likeness (QED) is 0.564. The lowest BCUT2D eigenvalue weighted by Crippen LogP contribution is -2.19. The number of rotatable bonds is 4. The van der Waals surface area contributed by atoms with Crippen LogP contribution in [0.2, 0.25) is 0 Å². The zero-order valence-corrected chi connectivity index (χ0v) is 8.88. The molecule has 0 aliphatic heterocycles. The van der Waals surface area contributed by atoms with Gasteiger partial charge in [0, 0.05) is 19.0 Å². The lowest BCUT2D eigenvalue weighted by molar-refractivity contribution is 0.584. The lowest BCUT2D eigenvalue weighted by Gasteiger charge is -2.13. The van der Waals surface area contributed by atoms with Crippen molar-refractivity contribution in [3.8, 4) is 12.3 Å². The topological polar surface area (TPSA) is 12.0 Å². The third-order valence-electron chi connectivity index (χ3n) is 2.30. The molecule has 0 amide bonds. The maximum atomic E-state index is 5.18. The fraction of sp³-hybridized carbons (Fsp3) is 0.385. The summed E-state index contributed by atoms with van der Waals surface area (Å²) in [6, 6.07) is 8.96. The first-order valence-electron chi connectivity index (χ1n) is 4.97. The van der Waals surface area contributed by atoms with Crippen molar-refractivity contribution in [1.29, 1.82) is 0 Å². The number of aryl methyl sites for hydroxylation is 1. The van der Waals surface area contributed by atoms with E-state index in [1.54, 1.807) is 0 Å². The van der Waals surface area contributed by atoms with Gasteiger partial charge < -0.3 is 5.32 Å². The second kappa shape index (κ2) is 5.47. The normalized spacial score (nSPS) is 12.1. The largest absolute Gasteiger partial charge is 0.309 e.